The fourth-order valence-electron chi connectivity index (χ4n) is 1.99. The maximum absolute atomic E-state index is 12.6. The topological polar surface area (TPSA) is 83.9 Å². The van der Waals surface area contributed by atoms with E-state index < -0.39 is 10.0 Å². The Morgan fingerprint density at radius 3 is 2.55 bits per heavy atom. The summed E-state index contributed by atoms with van der Waals surface area (Å²) in [5.41, 5.74) is 1.80. The van der Waals surface area contributed by atoms with Gasteiger partial charge in [0.05, 0.1) is 34.3 Å². The molecule has 2 rings (SSSR count). The van der Waals surface area contributed by atoms with Crippen molar-refractivity contribution in [1.29, 1.82) is 0 Å². The molecule has 0 saturated heterocycles. The first-order valence-electron chi connectivity index (χ1n) is 5.89. The van der Waals surface area contributed by atoms with Crippen LogP contribution in [0.4, 0.5) is 0 Å². The van der Waals surface area contributed by atoms with Crippen LogP contribution < -0.4 is 0 Å². The van der Waals surface area contributed by atoms with Crippen molar-refractivity contribution in [2.24, 2.45) is 7.05 Å². The van der Waals surface area contributed by atoms with Crippen LogP contribution in [0.2, 0.25) is 0 Å². The average Bonchev–Trinajstić information content (AvgIpc) is 2.86. The second-order valence-corrected chi connectivity index (χ2v) is 7.42. The van der Waals surface area contributed by atoms with E-state index in [0.29, 0.717) is 11.4 Å². The molecule has 0 spiro atoms. The van der Waals surface area contributed by atoms with Crippen molar-refractivity contribution in [3.05, 3.63) is 27.8 Å². The van der Waals surface area contributed by atoms with Gasteiger partial charge in [-0.05, 0) is 29.8 Å². The van der Waals surface area contributed by atoms with E-state index in [9.17, 15) is 8.42 Å². The molecule has 0 unspecified atom stereocenters. The molecular weight excluding hydrogens is 346 g/mol. The Morgan fingerprint density at radius 2 is 2.10 bits per heavy atom. The van der Waals surface area contributed by atoms with Crippen molar-refractivity contribution in [2.75, 3.05) is 7.05 Å². The number of halogens is 1. The van der Waals surface area contributed by atoms with Gasteiger partial charge < -0.3 is 0 Å². The summed E-state index contributed by atoms with van der Waals surface area (Å²) in [6, 6.07) is 0. The molecule has 0 amide bonds. The summed E-state index contributed by atoms with van der Waals surface area (Å²) in [6.45, 7) is 3.59. The van der Waals surface area contributed by atoms with Gasteiger partial charge in [0.15, 0.2) is 0 Å². The van der Waals surface area contributed by atoms with Gasteiger partial charge in [-0.15, -0.1) is 0 Å². The summed E-state index contributed by atoms with van der Waals surface area (Å²) in [5, 5.41) is 10.7. The molecule has 0 aromatic carbocycles. The van der Waals surface area contributed by atoms with Crippen molar-refractivity contribution < 1.29 is 8.42 Å². The van der Waals surface area contributed by atoms with Gasteiger partial charge in [0.1, 0.15) is 4.90 Å². The molecule has 0 atom stereocenters. The van der Waals surface area contributed by atoms with Gasteiger partial charge in [-0.1, -0.05) is 0 Å². The SMILES string of the molecule is Cc1n[nH]c(C)c1S(=O)(=O)N(C)Cc1c(Br)cnn1C. The van der Waals surface area contributed by atoms with Crippen LogP contribution in [-0.4, -0.2) is 39.7 Å². The van der Waals surface area contributed by atoms with Crippen LogP contribution >= 0.6 is 15.9 Å². The molecule has 2 heterocycles. The van der Waals surface area contributed by atoms with Crippen LogP contribution in [0.15, 0.2) is 15.6 Å². The molecule has 110 valence electrons. The number of rotatable bonds is 4. The second-order valence-electron chi connectivity index (χ2n) is 4.59. The molecule has 2 aromatic heterocycles. The minimum absolute atomic E-state index is 0.226. The fraction of sp³-hybridized carbons (Fsp3) is 0.455. The Balaban J connectivity index is 2.36. The molecule has 0 fully saturated rings. The van der Waals surface area contributed by atoms with E-state index in [1.54, 1.807) is 38.8 Å². The Hall–Kier alpha value is -1.19. The van der Waals surface area contributed by atoms with Crippen LogP contribution in [0.5, 0.6) is 0 Å². The fourth-order valence-corrected chi connectivity index (χ4v) is 3.92. The first-order chi connectivity index (χ1) is 9.25. The normalized spacial score (nSPS) is 12.3. The molecular formula is C11H16BrN5O2S. The van der Waals surface area contributed by atoms with Crippen LogP contribution in [0.25, 0.3) is 0 Å². The van der Waals surface area contributed by atoms with Crippen molar-refractivity contribution in [1.82, 2.24) is 24.3 Å². The monoisotopic (exact) mass is 361 g/mol. The Kier molecular flexibility index (Phi) is 4.03. The number of H-pyrrole nitrogens is 1. The van der Waals surface area contributed by atoms with Gasteiger partial charge in [-0.25, -0.2) is 8.42 Å². The zero-order chi connectivity index (χ0) is 15.1. The number of aromatic amines is 1. The number of hydrogen-bond donors (Lipinski definition) is 1. The largest absolute Gasteiger partial charge is 0.281 e. The Bertz CT molecular complexity index is 695. The van der Waals surface area contributed by atoms with Gasteiger partial charge in [0, 0.05) is 14.1 Å². The van der Waals surface area contributed by atoms with Crippen molar-refractivity contribution in [3.63, 3.8) is 0 Å². The number of nitrogens with zero attached hydrogens (tertiary/aromatic N) is 4. The maximum atomic E-state index is 12.6. The predicted molar refractivity (Wildman–Crippen MR) is 77.6 cm³/mol. The first-order valence-corrected chi connectivity index (χ1v) is 8.12. The zero-order valence-corrected chi connectivity index (χ0v) is 14.1. The van der Waals surface area contributed by atoms with Crippen LogP contribution in [0, 0.1) is 13.8 Å². The van der Waals surface area contributed by atoms with Crippen molar-refractivity contribution >= 4 is 26.0 Å². The number of aromatic nitrogens is 4. The molecule has 0 bridgehead atoms. The minimum atomic E-state index is -3.59. The molecule has 0 aliphatic carbocycles. The van der Waals surface area contributed by atoms with Gasteiger partial charge >= 0.3 is 0 Å². The lowest BCUT2D eigenvalue weighted by Crippen LogP contribution is -2.28. The van der Waals surface area contributed by atoms with Crippen LogP contribution in [0.1, 0.15) is 17.1 Å². The highest BCUT2D eigenvalue weighted by molar-refractivity contribution is 9.10. The minimum Gasteiger partial charge on any atom is -0.281 e. The molecule has 0 aliphatic heterocycles. The number of sulfonamides is 1. The summed E-state index contributed by atoms with van der Waals surface area (Å²) in [7, 11) is -0.274. The average molecular weight is 362 g/mol. The molecule has 0 radical (unpaired) electrons. The molecule has 9 heteroatoms. The predicted octanol–water partition coefficient (Wildman–Crippen LogP) is 1.34. The molecule has 7 nitrogen and oxygen atoms in total. The number of aryl methyl sites for hydroxylation is 3. The highest BCUT2D eigenvalue weighted by atomic mass is 79.9. The highest BCUT2D eigenvalue weighted by Crippen LogP contribution is 2.24. The second kappa shape index (κ2) is 5.30. The molecule has 0 aliphatic rings. The lowest BCUT2D eigenvalue weighted by atomic mass is 10.4. The van der Waals surface area contributed by atoms with E-state index in [2.05, 4.69) is 31.2 Å². The van der Waals surface area contributed by atoms with E-state index in [1.165, 1.54) is 4.31 Å². The van der Waals surface area contributed by atoms with Crippen LogP contribution in [-0.2, 0) is 23.6 Å². The summed E-state index contributed by atoms with van der Waals surface area (Å²) < 4.78 is 28.9. The molecule has 1 N–H and O–H groups in total. The summed E-state index contributed by atoms with van der Waals surface area (Å²) in [5.74, 6) is 0. The Labute approximate surface area is 126 Å². The van der Waals surface area contributed by atoms with E-state index in [4.69, 9.17) is 0 Å². The smallest absolute Gasteiger partial charge is 0.246 e. The quantitative estimate of drug-likeness (QED) is 0.890. The number of nitrogens with one attached hydrogen (secondary N) is 1. The summed E-state index contributed by atoms with van der Waals surface area (Å²) in [6.07, 6.45) is 1.64. The molecule has 0 saturated carbocycles. The van der Waals surface area contributed by atoms with E-state index in [0.717, 1.165) is 10.2 Å². The third-order valence-electron chi connectivity index (χ3n) is 3.11. The molecule has 20 heavy (non-hydrogen) atoms. The van der Waals surface area contributed by atoms with Crippen LogP contribution in [0.3, 0.4) is 0 Å². The van der Waals surface area contributed by atoms with E-state index >= 15 is 0 Å². The standard InChI is InChI=1S/C11H16BrN5O2S/c1-7-11(8(2)15-14-7)20(18,19)16(3)6-10-9(12)5-13-17(10)4/h5H,6H2,1-4H3,(H,14,15). The number of hydrogen-bond acceptors (Lipinski definition) is 4. The molecule has 2 aromatic rings. The van der Waals surface area contributed by atoms with Crippen molar-refractivity contribution in [3.8, 4) is 0 Å². The zero-order valence-electron chi connectivity index (χ0n) is 11.7. The van der Waals surface area contributed by atoms with E-state index in [-0.39, 0.29) is 11.4 Å². The van der Waals surface area contributed by atoms with Crippen molar-refractivity contribution in [2.45, 2.75) is 25.3 Å². The lowest BCUT2D eigenvalue weighted by molar-refractivity contribution is 0.451. The third kappa shape index (κ3) is 2.52. The van der Waals surface area contributed by atoms with Gasteiger partial charge in [-0.2, -0.15) is 14.5 Å². The van der Waals surface area contributed by atoms with Gasteiger partial charge in [0.2, 0.25) is 10.0 Å². The van der Waals surface area contributed by atoms with Gasteiger partial charge in [-0.3, -0.25) is 9.78 Å². The highest BCUT2D eigenvalue weighted by Gasteiger charge is 2.28. The summed E-state index contributed by atoms with van der Waals surface area (Å²) in [4.78, 5) is 0.235. The first kappa shape index (κ1) is 15.2. The summed E-state index contributed by atoms with van der Waals surface area (Å²) >= 11 is 3.37. The van der Waals surface area contributed by atoms with Gasteiger partial charge in [0.25, 0.3) is 0 Å². The third-order valence-corrected chi connectivity index (χ3v) is 5.84. The van der Waals surface area contributed by atoms with E-state index in [1.807, 2.05) is 0 Å². The Morgan fingerprint density at radius 1 is 1.45 bits per heavy atom. The maximum Gasteiger partial charge on any atom is 0.246 e. The lowest BCUT2D eigenvalue weighted by Gasteiger charge is -2.17.